The lowest BCUT2D eigenvalue weighted by Crippen LogP contribution is -2.36. The Balaban J connectivity index is 2.30. The van der Waals surface area contributed by atoms with Gasteiger partial charge in [0, 0.05) is 26.1 Å². The molecule has 0 aromatic heterocycles. The van der Waals surface area contributed by atoms with Crippen molar-refractivity contribution in [3.8, 4) is 0 Å². The molecule has 0 aliphatic rings. The average Bonchev–Trinajstić information content (AvgIpc) is 2.74. The summed E-state index contributed by atoms with van der Waals surface area (Å²) in [6.07, 6.45) is 3.57. The number of carbonyl (C=O) groups is 1. The first-order chi connectivity index (χ1) is 14.8. The van der Waals surface area contributed by atoms with Crippen molar-refractivity contribution in [2.45, 2.75) is 72.0 Å². The number of hydroxylamine groups is 2. The number of amides is 1. The van der Waals surface area contributed by atoms with E-state index in [9.17, 15) is 9.59 Å². The molecule has 0 saturated heterocycles. The summed E-state index contributed by atoms with van der Waals surface area (Å²) in [5.74, 6) is 2.22. The fourth-order valence-electron chi connectivity index (χ4n) is 2.69. The zero-order chi connectivity index (χ0) is 23.0. The minimum absolute atomic E-state index is 0.257. The molecule has 0 radical (unpaired) electrons. The van der Waals surface area contributed by atoms with Gasteiger partial charge in [-0.25, -0.2) is 9.59 Å². The number of unbranched alkanes of at least 4 members (excludes halogenated alkanes) is 2. The Morgan fingerprint density at radius 3 is 2.45 bits per heavy atom. The zero-order valence-corrected chi connectivity index (χ0v) is 19.4. The molecule has 0 spiro atoms. The molecule has 1 amide bonds. The zero-order valence-electron chi connectivity index (χ0n) is 19.4. The Morgan fingerprint density at radius 2 is 1.81 bits per heavy atom. The van der Waals surface area contributed by atoms with E-state index in [0.29, 0.717) is 38.4 Å². The summed E-state index contributed by atoms with van der Waals surface area (Å²) >= 11 is 0. The third kappa shape index (κ3) is 14.3. The van der Waals surface area contributed by atoms with Crippen molar-refractivity contribution in [2.24, 2.45) is 0 Å². The van der Waals surface area contributed by atoms with Gasteiger partial charge in [0.05, 0.1) is 12.2 Å². The van der Waals surface area contributed by atoms with E-state index in [1.807, 2.05) is 62.1 Å². The first-order valence-electron chi connectivity index (χ1n) is 11.1. The van der Waals surface area contributed by atoms with Crippen LogP contribution in [-0.2, 0) is 25.7 Å². The van der Waals surface area contributed by atoms with Crippen LogP contribution in [0.15, 0.2) is 36.1 Å². The second-order valence-electron chi connectivity index (χ2n) is 8.31. The van der Waals surface area contributed by atoms with Crippen molar-refractivity contribution in [1.29, 1.82) is 0 Å². The van der Waals surface area contributed by atoms with Gasteiger partial charge in [-0.15, -0.1) is 0 Å². The summed E-state index contributed by atoms with van der Waals surface area (Å²) in [6, 6.07) is 9.57. The molecule has 1 aromatic rings. The molecule has 0 saturated carbocycles. The van der Waals surface area contributed by atoms with E-state index in [4.69, 9.17) is 14.3 Å². The quantitative estimate of drug-likeness (QED) is 0.187. The average molecular weight is 435 g/mol. The van der Waals surface area contributed by atoms with E-state index < -0.39 is 6.09 Å². The highest BCUT2D eigenvalue weighted by Gasteiger charge is 2.17. The Morgan fingerprint density at radius 1 is 1.06 bits per heavy atom. The monoisotopic (exact) mass is 434 g/mol. The van der Waals surface area contributed by atoms with Gasteiger partial charge in [-0.1, -0.05) is 43.7 Å². The highest BCUT2D eigenvalue weighted by atomic mass is 16.7. The van der Waals surface area contributed by atoms with E-state index in [1.54, 1.807) is 0 Å². The third-order valence-electron chi connectivity index (χ3n) is 4.20. The summed E-state index contributed by atoms with van der Waals surface area (Å²) in [7, 11) is 0. The second kappa shape index (κ2) is 15.5. The molecule has 0 aliphatic carbocycles. The van der Waals surface area contributed by atoms with Gasteiger partial charge in [-0.05, 0) is 45.6 Å². The number of hydrogen-bond acceptors (Lipinski definition) is 6. The van der Waals surface area contributed by atoms with E-state index in [2.05, 4.69) is 12.2 Å². The number of nitrogens with zero attached hydrogens (tertiary/aromatic N) is 1. The van der Waals surface area contributed by atoms with Gasteiger partial charge < -0.3 is 14.8 Å². The van der Waals surface area contributed by atoms with Gasteiger partial charge in [-0.3, -0.25) is 4.84 Å². The van der Waals surface area contributed by atoms with Crippen molar-refractivity contribution >= 4 is 12.0 Å². The molecule has 0 atom stereocenters. The summed E-state index contributed by atoms with van der Waals surface area (Å²) in [5, 5.41) is 4.62. The highest BCUT2D eigenvalue weighted by Crippen LogP contribution is 2.13. The van der Waals surface area contributed by atoms with Crippen LogP contribution in [0, 0.1) is 0 Å². The number of rotatable bonds is 15. The van der Waals surface area contributed by atoms with Crippen LogP contribution in [0.5, 0.6) is 0 Å². The summed E-state index contributed by atoms with van der Waals surface area (Å²) in [6.45, 7) is 10.6. The summed E-state index contributed by atoms with van der Waals surface area (Å²) in [4.78, 5) is 28.9. The number of benzene rings is 1. The van der Waals surface area contributed by atoms with Crippen LogP contribution in [-0.4, -0.2) is 48.9 Å². The van der Waals surface area contributed by atoms with Gasteiger partial charge in [0.2, 0.25) is 0 Å². The predicted molar refractivity (Wildman–Crippen MR) is 121 cm³/mol. The maximum atomic E-state index is 11.8. The third-order valence-corrected chi connectivity index (χ3v) is 4.20. The molecule has 1 rings (SSSR count). The Bertz CT molecular complexity index is 666. The molecule has 0 unspecified atom stereocenters. The molecular weight excluding hydrogens is 396 g/mol. The van der Waals surface area contributed by atoms with Crippen molar-refractivity contribution in [3.05, 3.63) is 41.7 Å². The van der Waals surface area contributed by atoms with Gasteiger partial charge in [-0.2, -0.15) is 5.06 Å². The van der Waals surface area contributed by atoms with Crippen molar-refractivity contribution in [1.82, 2.24) is 10.4 Å². The SMILES string of the molecule is CCCCOC(=C=O)CCN(CCCCNC(=O)OCc1ccccc1)OC(C)(C)C. The molecule has 1 aromatic carbocycles. The van der Waals surface area contributed by atoms with E-state index in [-0.39, 0.29) is 12.2 Å². The van der Waals surface area contributed by atoms with Crippen LogP contribution in [0.2, 0.25) is 0 Å². The van der Waals surface area contributed by atoms with Gasteiger partial charge in [0.1, 0.15) is 6.61 Å². The van der Waals surface area contributed by atoms with Crippen molar-refractivity contribution in [2.75, 3.05) is 26.2 Å². The molecule has 7 heteroatoms. The maximum Gasteiger partial charge on any atom is 0.407 e. The molecule has 0 fully saturated rings. The first-order valence-corrected chi connectivity index (χ1v) is 11.1. The van der Waals surface area contributed by atoms with Gasteiger partial charge in [0.25, 0.3) is 0 Å². The highest BCUT2D eigenvalue weighted by molar-refractivity contribution is 5.67. The van der Waals surface area contributed by atoms with Crippen LogP contribution in [0.3, 0.4) is 0 Å². The van der Waals surface area contributed by atoms with Crippen LogP contribution in [0.25, 0.3) is 0 Å². The lowest BCUT2D eigenvalue weighted by molar-refractivity contribution is -0.229. The normalized spacial score (nSPS) is 11.1. The number of alkyl carbamates (subject to hydrolysis) is 1. The van der Waals surface area contributed by atoms with Crippen molar-refractivity contribution < 1.29 is 23.9 Å². The van der Waals surface area contributed by atoms with Crippen LogP contribution >= 0.6 is 0 Å². The Kier molecular flexibility index (Phi) is 13.3. The predicted octanol–water partition coefficient (Wildman–Crippen LogP) is 4.65. The van der Waals surface area contributed by atoms with Crippen LogP contribution in [0.1, 0.15) is 65.4 Å². The molecule has 0 aliphatic heterocycles. The van der Waals surface area contributed by atoms with E-state index in [1.165, 1.54) is 0 Å². The molecule has 1 N–H and O–H groups in total. The lowest BCUT2D eigenvalue weighted by atomic mass is 10.2. The van der Waals surface area contributed by atoms with Crippen molar-refractivity contribution in [3.63, 3.8) is 0 Å². The van der Waals surface area contributed by atoms with Crippen LogP contribution < -0.4 is 5.32 Å². The lowest BCUT2D eigenvalue weighted by Gasteiger charge is -2.30. The van der Waals surface area contributed by atoms with E-state index in [0.717, 1.165) is 31.2 Å². The Hall–Kier alpha value is -2.34. The minimum Gasteiger partial charge on any atom is -0.487 e. The number of ether oxygens (including phenoxy) is 2. The topological polar surface area (TPSA) is 77.1 Å². The minimum atomic E-state index is -0.420. The molecule has 0 heterocycles. The summed E-state index contributed by atoms with van der Waals surface area (Å²) in [5.41, 5.74) is 0.614. The van der Waals surface area contributed by atoms with Gasteiger partial charge >= 0.3 is 6.09 Å². The first kappa shape index (κ1) is 26.7. The number of carbonyl (C=O) groups excluding carboxylic acids is 2. The fraction of sp³-hybridized carbons (Fsp3) is 0.625. The second-order valence-corrected chi connectivity index (χ2v) is 8.31. The molecule has 0 bridgehead atoms. The van der Waals surface area contributed by atoms with E-state index >= 15 is 0 Å². The molecule has 174 valence electrons. The number of hydrogen-bond donors (Lipinski definition) is 1. The fourth-order valence-corrected chi connectivity index (χ4v) is 2.69. The standard InChI is InChI=1S/C24H38N2O5/c1-5-6-18-29-22(19-27)14-17-26(31-24(2,3)4)16-11-10-15-25-23(28)30-20-21-12-8-7-9-13-21/h7-9,12-13H,5-6,10-11,14-18,20H2,1-4H3,(H,25,28). The van der Waals surface area contributed by atoms with Gasteiger partial charge in [0.15, 0.2) is 11.7 Å². The van der Waals surface area contributed by atoms with Crippen LogP contribution in [0.4, 0.5) is 4.79 Å². The summed E-state index contributed by atoms with van der Waals surface area (Å²) < 4.78 is 10.7. The molecule has 7 nitrogen and oxygen atoms in total. The maximum absolute atomic E-state index is 11.8. The number of nitrogens with one attached hydrogen (secondary N) is 1. The Labute approximate surface area is 186 Å². The molecule has 31 heavy (non-hydrogen) atoms. The smallest absolute Gasteiger partial charge is 0.407 e. The largest absolute Gasteiger partial charge is 0.487 e. The molecular formula is C24H38N2O5.